The molecule has 7 heteroatoms. The minimum absolute atomic E-state index is 0.0689. The molecule has 0 saturated carbocycles. The number of hydrogen-bond donors (Lipinski definition) is 1. The number of carbonyl (C=O) groups excluding carboxylic acids is 1. The minimum Gasteiger partial charge on any atom is -0.497 e. The lowest BCUT2D eigenvalue weighted by atomic mass is 10.1. The highest BCUT2D eigenvalue weighted by atomic mass is 16.5. The Morgan fingerprint density at radius 1 is 1.00 bits per heavy atom. The number of rotatable bonds is 7. The number of nitrogens with zero attached hydrogens (tertiary/aromatic N) is 4. The first kappa shape index (κ1) is 20.5. The van der Waals surface area contributed by atoms with Crippen molar-refractivity contribution in [1.82, 2.24) is 19.6 Å². The maximum Gasteiger partial charge on any atom is 0.254 e. The van der Waals surface area contributed by atoms with Gasteiger partial charge in [0, 0.05) is 23.1 Å². The SMILES string of the molecule is CCc1nnc2nc(-c3ccc(CC(=O)Nc4ccc(OC)cc4)cc3)cn2c1CC. The monoisotopic (exact) mass is 415 g/mol. The van der Waals surface area contributed by atoms with Gasteiger partial charge in [0.25, 0.3) is 5.78 Å². The number of benzene rings is 2. The van der Waals surface area contributed by atoms with E-state index < -0.39 is 0 Å². The van der Waals surface area contributed by atoms with Gasteiger partial charge >= 0.3 is 0 Å². The second-order valence-electron chi connectivity index (χ2n) is 7.25. The van der Waals surface area contributed by atoms with Crippen molar-refractivity contribution in [2.24, 2.45) is 0 Å². The molecule has 1 amide bonds. The maximum atomic E-state index is 12.4. The molecular weight excluding hydrogens is 390 g/mol. The molecule has 2 aromatic heterocycles. The molecule has 2 heterocycles. The molecule has 0 radical (unpaired) electrons. The lowest BCUT2D eigenvalue weighted by molar-refractivity contribution is -0.115. The zero-order valence-corrected chi connectivity index (χ0v) is 17.9. The molecule has 0 aliphatic carbocycles. The fraction of sp³-hybridized carbons (Fsp3) is 0.250. The molecule has 4 aromatic rings. The number of fused-ring (bicyclic) bond motifs is 1. The Labute approximate surface area is 181 Å². The summed E-state index contributed by atoms with van der Waals surface area (Å²) in [4.78, 5) is 17.0. The third-order valence-electron chi connectivity index (χ3n) is 5.23. The van der Waals surface area contributed by atoms with Crippen molar-refractivity contribution >= 4 is 17.4 Å². The fourth-order valence-electron chi connectivity index (χ4n) is 3.59. The Bertz CT molecular complexity index is 1200. The molecule has 0 unspecified atom stereocenters. The molecule has 2 aromatic carbocycles. The van der Waals surface area contributed by atoms with Crippen molar-refractivity contribution in [3.63, 3.8) is 0 Å². The van der Waals surface area contributed by atoms with Crippen LogP contribution in [0.2, 0.25) is 0 Å². The number of carbonyl (C=O) groups is 1. The van der Waals surface area contributed by atoms with Crippen molar-refractivity contribution in [1.29, 1.82) is 0 Å². The van der Waals surface area contributed by atoms with Crippen LogP contribution in [0.5, 0.6) is 5.75 Å². The second-order valence-corrected chi connectivity index (χ2v) is 7.25. The van der Waals surface area contributed by atoms with Gasteiger partial charge in [0.2, 0.25) is 5.91 Å². The number of hydrogen-bond acceptors (Lipinski definition) is 5. The minimum atomic E-state index is -0.0689. The third kappa shape index (κ3) is 4.40. The van der Waals surface area contributed by atoms with Crippen LogP contribution in [0.1, 0.15) is 30.8 Å². The van der Waals surface area contributed by atoms with Gasteiger partial charge < -0.3 is 10.1 Å². The molecule has 31 heavy (non-hydrogen) atoms. The molecular formula is C24H25N5O2. The van der Waals surface area contributed by atoms with Gasteiger partial charge in [-0.3, -0.25) is 9.20 Å². The number of anilines is 1. The summed E-state index contributed by atoms with van der Waals surface area (Å²) in [5.74, 6) is 1.29. The van der Waals surface area contributed by atoms with Gasteiger partial charge in [-0.2, -0.15) is 5.10 Å². The summed E-state index contributed by atoms with van der Waals surface area (Å²) in [5.41, 5.74) is 5.62. The molecule has 4 rings (SSSR count). The summed E-state index contributed by atoms with van der Waals surface area (Å²) in [6.07, 6.45) is 4.01. The Hall–Kier alpha value is -3.74. The van der Waals surface area contributed by atoms with Crippen LogP contribution in [-0.4, -0.2) is 32.6 Å². The number of nitrogens with one attached hydrogen (secondary N) is 1. The lowest BCUT2D eigenvalue weighted by Gasteiger charge is -2.07. The first-order valence-corrected chi connectivity index (χ1v) is 10.4. The number of amides is 1. The van der Waals surface area contributed by atoms with Gasteiger partial charge in [0.15, 0.2) is 0 Å². The Balaban J connectivity index is 1.48. The standard InChI is InChI=1S/C24H25N5O2/c1-4-20-22(5-2)29-15-21(26-24(29)28-27-20)17-8-6-16(7-9-17)14-23(30)25-18-10-12-19(31-3)13-11-18/h6-13,15H,4-5,14H2,1-3H3,(H,25,30). The van der Waals surface area contributed by atoms with E-state index in [4.69, 9.17) is 4.74 Å². The highest BCUT2D eigenvalue weighted by Gasteiger charge is 2.12. The van der Waals surface area contributed by atoms with E-state index >= 15 is 0 Å². The van der Waals surface area contributed by atoms with Crippen LogP contribution in [0.4, 0.5) is 5.69 Å². The van der Waals surface area contributed by atoms with Crippen molar-refractivity contribution < 1.29 is 9.53 Å². The van der Waals surface area contributed by atoms with Crippen LogP contribution in [-0.2, 0) is 24.1 Å². The van der Waals surface area contributed by atoms with E-state index in [1.54, 1.807) is 7.11 Å². The van der Waals surface area contributed by atoms with Crippen LogP contribution in [0.25, 0.3) is 17.0 Å². The van der Waals surface area contributed by atoms with E-state index in [0.717, 1.165) is 52.5 Å². The molecule has 0 fully saturated rings. The Morgan fingerprint density at radius 2 is 1.74 bits per heavy atom. The van der Waals surface area contributed by atoms with E-state index in [9.17, 15) is 4.79 Å². The number of ether oxygens (including phenoxy) is 1. The molecule has 0 aliphatic rings. The number of aryl methyl sites for hydroxylation is 2. The van der Waals surface area contributed by atoms with Gasteiger partial charge in [-0.1, -0.05) is 38.1 Å². The third-order valence-corrected chi connectivity index (χ3v) is 5.23. The fourth-order valence-corrected chi connectivity index (χ4v) is 3.59. The average molecular weight is 415 g/mol. The van der Waals surface area contributed by atoms with Gasteiger partial charge in [-0.25, -0.2) is 4.98 Å². The van der Waals surface area contributed by atoms with E-state index in [2.05, 4.69) is 34.3 Å². The van der Waals surface area contributed by atoms with Crippen molar-refractivity contribution in [2.45, 2.75) is 33.1 Å². The average Bonchev–Trinajstić information content (AvgIpc) is 3.23. The molecule has 0 bridgehead atoms. The summed E-state index contributed by atoms with van der Waals surface area (Å²) >= 11 is 0. The molecule has 0 spiro atoms. The zero-order chi connectivity index (χ0) is 21.8. The highest BCUT2D eigenvalue weighted by Crippen LogP contribution is 2.21. The molecule has 1 N–H and O–H groups in total. The van der Waals surface area contributed by atoms with Crippen molar-refractivity contribution in [3.05, 3.63) is 71.7 Å². The molecule has 0 saturated heterocycles. The molecule has 0 atom stereocenters. The number of imidazole rings is 1. The predicted octanol–water partition coefficient (Wildman–Crippen LogP) is 4.11. The van der Waals surface area contributed by atoms with Gasteiger partial charge in [0.1, 0.15) is 5.75 Å². The first-order valence-electron chi connectivity index (χ1n) is 10.4. The van der Waals surface area contributed by atoms with Crippen LogP contribution >= 0.6 is 0 Å². The summed E-state index contributed by atoms with van der Waals surface area (Å²) < 4.78 is 7.16. The summed E-state index contributed by atoms with van der Waals surface area (Å²) in [5, 5.41) is 11.5. The Morgan fingerprint density at radius 3 is 2.39 bits per heavy atom. The zero-order valence-electron chi connectivity index (χ0n) is 17.9. The van der Waals surface area contributed by atoms with Crippen LogP contribution in [0, 0.1) is 0 Å². The lowest BCUT2D eigenvalue weighted by Crippen LogP contribution is -2.14. The topological polar surface area (TPSA) is 81.4 Å². The van der Waals surface area contributed by atoms with Crippen LogP contribution in [0.15, 0.2) is 54.7 Å². The van der Waals surface area contributed by atoms with Crippen molar-refractivity contribution in [2.75, 3.05) is 12.4 Å². The van der Waals surface area contributed by atoms with Gasteiger partial charge in [-0.15, -0.1) is 5.10 Å². The van der Waals surface area contributed by atoms with Crippen LogP contribution < -0.4 is 10.1 Å². The number of methoxy groups -OCH3 is 1. The molecule has 158 valence electrons. The van der Waals surface area contributed by atoms with Gasteiger partial charge in [0.05, 0.1) is 24.9 Å². The van der Waals surface area contributed by atoms with Crippen molar-refractivity contribution in [3.8, 4) is 17.0 Å². The first-order chi connectivity index (χ1) is 15.1. The van der Waals surface area contributed by atoms with E-state index in [1.165, 1.54) is 0 Å². The predicted molar refractivity (Wildman–Crippen MR) is 120 cm³/mol. The van der Waals surface area contributed by atoms with Crippen LogP contribution in [0.3, 0.4) is 0 Å². The van der Waals surface area contributed by atoms with E-state index in [-0.39, 0.29) is 5.91 Å². The Kier molecular flexibility index (Phi) is 5.93. The van der Waals surface area contributed by atoms with E-state index in [1.807, 2.05) is 59.1 Å². The smallest absolute Gasteiger partial charge is 0.254 e. The summed E-state index contributed by atoms with van der Waals surface area (Å²) in [6.45, 7) is 4.19. The molecule has 0 aliphatic heterocycles. The highest BCUT2D eigenvalue weighted by molar-refractivity contribution is 5.92. The molecule has 7 nitrogen and oxygen atoms in total. The largest absolute Gasteiger partial charge is 0.497 e. The quantitative estimate of drug-likeness (QED) is 0.491. The second kappa shape index (κ2) is 8.95. The summed E-state index contributed by atoms with van der Waals surface area (Å²) in [7, 11) is 1.61. The van der Waals surface area contributed by atoms with Gasteiger partial charge in [-0.05, 0) is 42.7 Å². The van der Waals surface area contributed by atoms with E-state index in [0.29, 0.717) is 12.2 Å². The normalized spacial score (nSPS) is 10.9. The summed E-state index contributed by atoms with van der Waals surface area (Å²) in [6, 6.07) is 15.2. The number of aromatic nitrogens is 4. The maximum absolute atomic E-state index is 12.4.